The number of amides is 2. The second-order valence-electron chi connectivity index (χ2n) is 4.69. The van der Waals surface area contributed by atoms with E-state index in [0.29, 0.717) is 6.54 Å². The standard InChI is InChI=1S/C15H18N2O/c1-11-3-5-14-10-12(4-6-13(14)9-11)7-8-17(2)15(16)18/h3-6,9-10H,7-8H2,1-2H3,(H2,16,18). The molecule has 2 N–H and O–H groups in total. The SMILES string of the molecule is Cc1ccc2cc(CCN(C)C(N)=O)ccc2c1. The van der Waals surface area contributed by atoms with Crippen molar-refractivity contribution in [3.63, 3.8) is 0 Å². The van der Waals surface area contributed by atoms with E-state index >= 15 is 0 Å². The summed E-state index contributed by atoms with van der Waals surface area (Å²) >= 11 is 0. The highest BCUT2D eigenvalue weighted by molar-refractivity contribution is 5.83. The molecule has 0 saturated carbocycles. The van der Waals surface area contributed by atoms with Crippen LogP contribution in [0.2, 0.25) is 0 Å². The Bertz CT molecular complexity index is 578. The number of likely N-dealkylation sites (N-methyl/N-ethyl adjacent to an activating group) is 1. The van der Waals surface area contributed by atoms with Crippen LogP contribution in [0.4, 0.5) is 4.79 Å². The van der Waals surface area contributed by atoms with Gasteiger partial charge in [0, 0.05) is 13.6 Å². The average molecular weight is 242 g/mol. The molecule has 3 heteroatoms. The molecule has 0 atom stereocenters. The van der Waals surface area contributed by atoms with Crippen molar-refractivity contribution in [2.24, 2.45) is 5.73 Å². The molecule has 0 saturated heterocycles. The van der Waals surface area contributed by atoms with E-state index in [1.165, 1.54) is 26.8 Å². The molecular weight excluding hydrogens is 224 g/mol. The van der Waals surface area contributed by atoms with Crippen LogP contribution in [0.25, 0.3) is 10.8 Å². The van der Waals surface area contributed by atoms with Gasteiger partial charge in [-0.1, -0.05) is 42.0 Å². The minimum atomic E-state index is -0.383. The van der Waals surface area contributed by atoms with Gasteiger partial charge in [-0.2, -0.15) is 0 Å². The van der Waals surface area contributed by atoms with Crippen LogP contribution in [-0.2, 0) is 6.42 Å². The fourth-order valence-corrected chi connectivity index (χ4v) is 1.98. The molecule has 18 heavy (non-hydrogen) atoms. The maximum Gasteiger partial charge on any atom is 0.314 e. The Balaban J connectivity index is 2.15. The smallest absolute Gasteiger partial charge is 0.314 e. The Morgan fingerprint density at radius 1 is 1.17 bits per heavy atom. The number of hydrogen-bond donors (Lipinski definition) is 1. The highest BCUT2D eigenvalue weighted by Crippen LogP contribution is 2.18. The van der Waals surface area contributed by atoms with E-state index in [1.54, 1.807) is 7.05 Å². The van der Waals surface area contributed by atoms with E-state index < -0.39 is 0 Å². The first-order chi connectivity index (χ1) is 8.56. The van der Waals surface area contributed by atoms with Crippen molar-refractivity contribution in [1.82, 2.24) is 4.90 Å². The predicted molar refractivity (Wildman–Crippen MR) is 74.6 cm³/mol. The minimum absolute atomic E-state index is 0.383. The number of fused-ring (bicyclic) bond motifs is 1. The first-order valence-corrected chi connectivity index (χ1v) is 6.06. The first-order valence-electron chi connectivity index (χ1n) is 6.06. The number of rotatable bonds is 3. The molecular formula is C15H18N2O. The van der Waals surface area contributed by atoms with Gasteiger partial charge in [-0.05, 0) is 29.7 Å². The Hall–Kier alpha value is -2.03. The summed E-state index contributed by atoms with van der Waals surface area (Å²) < 4.78 is 0. The topological polar surface area (TPSA) is 46.3 Å². The summed E-state index contributed by atoms with van der Waals surface area (Å²) in [6, 6.07) is 12.4. The molecule has 2 aromatic rings. The Labute approximate surface area is 107 Å². The Kier molecular flexibility index (Phi) is 3.51. The van der Waals surface area contributed by atoms with Crippen molar-refractivity contribution in [3.05, 3.63) is 47.5 Å². The van der Waals surface area contributed by atoms with Gasteiger partial charge in [-0.25, -0.2) is 4.79 Å². The van der Waals surface area contributed by atoms with Crippen LogP contribution in [0, 0.1) is 6.92 Å². The Morgan fingerprint density at radius 2 is 1.83 bits per heavy atom. The molecule has 94 valence electrons. The second-order valence-corrected chi connectivity index (χ2v) is 4.69. The van der Waals surface area contributed by atoms with Gasteiger partial charge in [0.1, 0.15) is 0 Å². The summed E-state index contributed by atoms with van der Waals surface area (Å²) in [5.74, 6) is 0. The summed E-state index contributed by atoms with van der Waals surface area (Å²) in [5.41, 5.74) is 7.68. The van der Waals surface area contributed by atoms with Gasteiger partial charge in [-0.3, -0.25) is 0 Å². The van der Waals surface area contributed by atoms with Crippen molar-refractivity contribution >= 4 is 16.8 Å². The molecule has 0 heterocycles. The van der Waals surface area contributed by atoms with Crippen LogP contribution in [0.15, 0.2) is 36.4 Å². The summed E-state index contributed by atoms with van der Waals surface area (Å²) in [4.78, 5) is 12.4. The molecule has 3 nitrogen and oxygen atoms in total. The van der Waals surface area contributed by atoms with Gasteiger partial charge in [0.2, 0.25) is 0 Å². The number of hydrogen-bond acceptors (Lipinski definition) is 1. The highest BCUT2D eigenvalue weighted by atomic mass is 16.2. The molecule has 0 aromatic heterocycles. The van der Waals surface area contributed by atoms with E-state index in [-0.39, 0.29) is 6.03 Å². The number of nitrogens with two attached hydrogens (primary N) is 1. The second kappa shape index (κ2) is 5.08. The zero-order valence-electron chi connectivity index (χ0n) is 10.8. The molecule has 0 bridgehead atoms. The van der Waals surface area contributed by atoms with Crippen LogP contribution in [0.1, 0.15) is 11.1 Å². The van der Waals surface area contributed by atoms with Crippen LogP contribution in [0.3, 0.4) is 0 Å². The van der Waals surface area contributed by atoms with Crippen molar-refractivity contribution < 1.29 is 4.79 Å². The van der Waals surface area contributed by atoms with Crippen LogP contribution >= 0.6 is 0 Å². The van der Waals surface area contributed by atoms with Gasteiger partial charge in [0.05, 0.1) is 0 Å². The van der Waals surface area contributed by atoms with Gasteiger partial charge >= 0.3 is 6.03 Å². The molecule has 0 aliphatic carbocycles. The quantitative estimate of drug-likeness (QED) is 0.883. The van der Waals surface area contributed by atoms with Crippen LogP contribution < -0.4 is 5.73 Å². The van der Waals surface area contributed by atoms with Crippen LogP contribution in [0.5, 0.6) is 0 Å². The first kappa shape index (κ1) is 12.4. The fraction of sp³-hybridized carbons (Fsp3) is 0.267. The molecule has 2 amide bonds. The van der Waals surface area contributed by atoms with Gasteiger partial charge < -0.3 is 10.6 Å². The van der Waals surface area contributed by atoms with Gasteiger partial charge in [0.25, 0.3) is 0 Å². The maximum atomic E-state index is 10.9. The minimum Gasteiger partial charge on any atom is -0.351 e. The average Bonchev–Trinajstić information content (AvgIpc) is 2.35. The maximum absolute atomic E-state index is 10.9. The number of benzene rings is 2. The molecule has 2 rings (SSSR count). The normalized spacial score (nSPS) is 10.6. The zero-order valence-corrected chi connectivity index (χ0v) is 10.8. The lowest BCUT2D eigenvalue weighted by atomic mass is 10.0. The van der Waals surface area contributed by atoms with Crippen molar-refractivity contribution in [1.29, 1.82) is 0 Å². The third kappa shape index (κ3) is 2.80. The molecule has 0 fully saturated rings. The third-order valence-electron chi connectivity index (χ3n) is 3.17. The van der Waals surface area contributed by atoms with E-state index in [4.69, 9.17) is 5.73 Å². The number of carbonyl (C=O) groups is 1. The van der Waals surface area contributed by atoms with E-state index in [2.05, 4.69) is 43.3 Å². The number of urea groups is 1. The predicted octanol–water partition coefficient (Wildman–Crippen LogP) is 2.70. The number of aryl methyl sites for hydroxylation is 1. The van der Waals surface area contributed by atoms with E-state index in [0.717, 1.165) is 6.42 Å². The monoisotopic (exact) mass is 242 g/mol. The van der Waals surface area contributed by atoms with Crippen molar-refractivity contribution in [2.45, 2.75) is 13.3 Å². The molecule has 0 spiro atoms. The van der Waals surface area contributed by atoms with Gasteiger partial charge in [0.15, 0.2) is 0 Å². The van der Waals surface area contributed by atoms with Crippen LogP contribution in [-0.4, -0.2) is 24.5 Å². The highest BCUT2D eigenvalue weighted by Gasteiger charge is 2.03. The number of carbonyl (C=O) groups excluding carboxylic acids is 1. The summed E-state index contributed by atoms with van der Waals surface area (Å²) in [6.45, 7) is 2.74. The van der Waals surface area contributed by atoms with Crippen molar-refractivity contribution in [2.75, 3.05) is 13.6 Å². The molecule has 0 unspecified atom stereocenters. The van der Waals surface area contributed by atoms with E-state index in [1.807, 2.05) is 0 Å². The molecule has 0 aliphatic rings. The fourth-order valence-electron chi connectivity index (χ4n) is 1.98. The molecule has 0 aliphatic heterocycles. The molecule has 0 radical (unpaired) electrons. The molecule has 2 aromatic carbocycles. The number of nitrogens with zero attached hydrogens (tertiary/aromatic N) is 1. The third-order valence-corrected chi connectivity index (χ3v) is 3.17. The zero-order chi connectivity index (χ0) is 13.1. The summed E-state index contributed by atoms with van der Waals surface area (Å²) in [5, 5.41) is 2.49. The number of primary amides is 1. The Morgan fingerprint density at radius 3 is 2.56 bits per heavy atom. The summed E-state index contributed by atoms with van der Waals surface area (Å²) in [7, 11) is 1.72. The summed E-state index contributed by atoms with van der Waals surface area (Å²) in [6.07, 6.45) is 0.823. The largest absolute Gasteiger partial charge is 0.351 e. The van der Waals surface area contributed by atoms with Crippen molar-refractivity contribution in [3.8, 4) is 0 Å². The lowest BCUT2D eigenvalue weighted by Gasteiger charge is -2.14. The lowest BCUT2D eigenvalue weighted by molar-refractivity contribution is 0.219. The van der Waals surface area contributed by atoms with E-state index in [9.17, 15) is 4.79 Å². The van der Waals surface area contributed by atoms with Gasteiger partial charge in [-0.15, -0.1) is 0 Å². The lowest BCUT2D eigenvalue weighted by Crippen LogP contribution is -2.33.